The van der Waals surface area contributed by atoms with Gasteiger partial charge in [0.1, 0.15) is 25.1 Å². The summed E-state index contributed by atoms with van der Waals surface area (Å²) in [5.41, 5.74) is 1.10. The average Bonchev–Trinajstić information content (AvgIpc) is 2.49. The molecule has 0 radical (unpaired) electrons. The maximum Gasteiger partial charge on any atom is 0.161 e. The number of rotatable bonds is 2. The van der Waals surface area contributed by atoms with Gasteiger partial charge in [0, 0.05) is 5.56 Å². The molecule has 1 atom stereocenters. The van der Waals surface area contributed by atoms with Crippen molar-refractivity contribution in [2.45, 2.75) is 6.10 Å². The zero-order chi connectivity index (χ0) is 14.1. The lowest BCUT2D eigenvalue weighted by Crippen LogP contribution is -2.15. The highest BCUT2D eigenvalue weighted by Gasteiger charge is 2.19. The van der Waals surface area contributed by atoms with E-state index in [1.165, 1.54) is 6.07 Å². The van der Waals surface area contributed by atoms with Crippen LogP contribution in [-0.4, -0.2) is 18.3 Å². The Balaban J connectivity index is 1.98. The van der Waals surface area contributed by atoms with Crippen molar-refractivity contribution in [3.05, 3.63) is 57.8 Å². The van der Waals surface area contributed by atoms with Gasteiger partial charge in [0.25, 0.3) is 0 Å². The van der Waals surface area contributed by atoms with Gasteiger partial charge in [0.2, 0.25) is 0 Å². The summed E-state index contributed by atoms with van der Waals surface area (Å²) in [7, 11) is 0. The number of aliphatic hydroxyl groups excluding tert-OH is 1. The molecule has 20 heavy (non-hydrogen) atoms. The van der Waals surface area contributed by atoms with Crippen LogP contribution in [0.15, 0.2) is 40.9 Å². The van der Waals surface area contributed by atoms with E-state index < -0.39 is 11.9 Å². The van der Waals surface area contributed by atoms with E-state index in [1.54, 1.807) is 30.3 Å². The van der Waals surface area contributed by atoms with Gasteiger partial charge >= 0.3 is 0 Å². The Bertz CT molecular complexity index is 645. The number of ether oxygens (including phenoxy) is 2. The predicted octanol–water partition coefficient (Wildman–Crippen LogP) is 3.44. The first kappa shape index (κ1) is 13.4. The molecule has 1 aliphatic rings. The zero-order valence-corrected chi connectivity index (χ0v) is 12.1. The third-order valence-corrected chi connectivity index (χ3v) is 3.99. The van der Waals surface area contributed by atoms with Crippen molar-refractivity contribution in [3.63, 3.8) is 0 Å². The quantitative estimate of drug-likeness (QED) is 0.911. The van der Waals surface area contributed by atoms with Gasteiger partial charge in [-0.1, -0.05) is 18.2 Å². The van der Waals surface area contributed by atoms with E-state index in [9.17, 15) is 9.50 Å². The molecule has 0 amide bonds. The molecule has 0 saturated carbocycles. The molecule has 2 aromatic rings. The van der Waals surface area contributed by atoms with E-state index in [-0.39, 0.29) is 4.47 Å². The summed E-state index contributed by atoms with van der Waals surface area (Å²) >= 11 is 3.16. The monoisotopic (exact) mass is 338 g/mol. The van der Waals surface area contributed by atoms with E-state index in [0.717, 1.165) is 0 Å². The highest BCUT2D eigenvalue weighted by molar-refractivity contribution is 9.10. The van der Waals surface area contributed by atoms with Crippen molar-refractivity contribution in [1.82, 2.24) is 0 Å². The standard InChI is InChI=1S/C15H12BrFO3/c16-14-10(2-1-3-11(14)17)15(18)9-4-5-12-13(8-9)20-7-6-19-12/h1-5,8,15,18H,6-7H2. The molecule has 3 rings (SSSR count). The lowest BCUT2D eigenvalue weighted by Gasteiger charge is -2.20. The van der Waals surface area contributed by atoms with Crippen LogP contribution >= 0.6 is 15.9 Å². The SMILES string of the molecule is OC(c1ccc2c(c1)OCCO2)c1cccc(F)c1Br. The summed E-state index contributed by atoms with van der Waals surface area (Å²) in [6.07, 6.45) is -0.934. The van der Waals surface area contributed by atoms with Crippen molar-refractivity contribution in [3.8, 4) is 11.5 Å². The molecule has 0 aliphatic carbocycles. The van der Waals surface area contributed by atoms with Crippen LogP contribution in [0.2, 0.25) is 0 Å². The molecule has 3 nitrogen and oxygen atoms in total. The predicted molar refractivity (Wildman–Crippen MR) is 75.6 cm³/mol. The minimum Gasteiger partial charge on any atom is -0.486 e. The van der Waals surface area contributed by atoms with Crippen LogP contribution in [-0.2, 0) is 0 Å². The Morgan fingerprint density at radius 3 is 2.65 bits per heavy atom. The van der Waals surface area contributed by atoms with Crippen LogP contribution in [0.3, 0.4) is 0 Å². The lowest BCUT2D eigenvalue weighted by atomic mass is 10.0. The molecule has 0 bridgehead atoms. The molecule has 104 valence electrons. The topological polar surface area (TPSA) is 38.7 Å². The normalized spacial score (nSPS) is 14.9. The maximum atomic E-state index is 13.5. The van der Waals surface area contributed by atoms with E-state index in [1.807, 2.05) is 0 Å². The van der Waals surface area contributed by atoms with Gasteiger partial charge in [0.15, 0.2) is 11.5 Å². The van der Waals surface area contributed by atoms with Gasteiger partial charge in [-0.25, -0.2) is 4.39 Å². The van der Waals surface area contributed by atoms with E-state index in [0.29, 0.717) is 35.8 Å². The molecule has 2 aromatic carbocycles. The smallest absolute Gasteiger partial charge is 0.161 e. The van der Waals surface area contributed by atoms with Crippen LogP contribution < -0.4 is 9.47 Å². The van der Waals surface area contributed by atoms with E-state index >= 15 is 0 Å². The summed E-state index contributed by atoms with van der Waals surface area (Å²) in [6, 6.07) is 9.79. The maximum absolute atomic E-state index is 13.5. The Kier molecular flexibility index (Phi) is 3.63. The summed E-state index contributed by atoms with van der Waals surface area (Å²) in [6.45, 7) is 1.00. The summed E-state index contributed by atoms with van der Waals surface area (Å²) in [5.74, 6) is 0.852. The van der Waals surface area contributed by atoms with Gasteiger partial charge < -0.3 is 14.6 Å². The summed E-state index contributed by atoms with van der Waals surface area (Å²) in [5, 5.41) is 10.4. The summed E-state index contributed by atoms with van der Waals surface area (Å²) < 4.78 is 24.7. The second kappa shape index (κ2) is 5.42. The molecule has 0 spiro atoms. The van der Waals surface area contributed by atoms with Gasteiger partial charge in [-0.3, -0.25) is 0 Å². The van der Waals surface area contributed by atoms with Crippen molar-refractivity contribution in [1.29, 1.82) is 0 Å². The molecule has 1 heterocycles. The average molecular weight is 339 g/mol. The number of hydrogen-bond acceptors (Lipinski definition) is 3. The largest absolute Gasteiger partial charge is 0.486 e. The van der Waals surface area contributed by atoms with Crippen LogP contribution in [0.25, 0.3) is 0 Å². The Morgan fingerprint density at radius 2 is 1.85 bits per heavy atom. The fourth-order valence-electron chi connectivity index (χ4n) is 2.14. The molecule has 0 saturated heterocycles. The van der Waals surface area contributed by atoms with Crippen LogP contribution in [0.4, 0.5) is 4.39 Å². The molecular weight excluding hydrogens is 327 g/mol. The number of hydrogen-bond donors (Lipinski definition) is 1. The van der Waals surface area contributed by atoms with E-state index in [4.69, 9.17) is 9.47 Å². The number of aliphatic hydroxyl groups is 1. The third kappa shape index (κ3) is 2.39. The highest BCUT2D eigenvalue weighted by atomic mass is 79.9. The van der Waals surface area contributed by atoms with E-state index in [2.05, 4.69) is 15.9 Å². The van der Waals surface area contributed by atoms with Crippen molar-refractivity contribution in [2.24, 2.45) is 0 Å². The van der Waals surface area contributed by atoms with Crippen LogP contribution in [0, 0.1) is 5.82 Å². The van der Waals surface area contributed by atoms with Gasteiger partial charge in [-0.15, -0.1) is 0 Å². The Labute approximate surface area is 124 Å². The molecular formula is C15H12BrFO3. The summed E-state index contributed by atoms with van der Waals surface area (Å²) in [4.78, 5) is 0. The second-order valence-electron chi connectivity index (χ2n) is 4.45. The van der Waals surface area contributed by atoms with Gasteiger partial charge in [-0.05, 0) is 39.7 Å². The first-order valence-electron chi connectivity index (χ1n) is 6.18. The van der Waals surface area contributed by atoms with Gasteiger partial charge in [-0.2, -0.15) is 0 Å². The minimum atomic E-state index is -0.934. The zero-order valence-electron chi connectivity index (χ0n) is 10.5. The number of halogens is 2. The molecule has 1 unspecified atom stereocenters. The molecule has 0 fully saturated rings. The fraction of sp³-hybridized carbons (Fsp3) is 0.200. The third-order valence-electron chi connectivity index (χ3n) is 3.16. The number of fused-ring (bicyclic) bond motifs is 1. The molecule has 0 aromatic heterocycles. The minimum absolute atomic E-state index is 0.266. The van der Waals surface area contributed by atoms with Crippen molar-refractivity contribution in [2.75, 3.05) is 13.2 Å². The van der Waals surface area contributed by atoms with Crippen LogP contribution in [0.1, 0.15) is 17.2 Å². The fourth-order valence-corrected chi connectivity index (χ4v) is 2.62. The Hall–Kier alpha value is -1.59. The molecule has 5 heteroatoms. The molecule has 1 aliphatic heterocycles. The lowest BCUT2D eigenvalue weighted by molar-refractivity contribution is 0.169. The van der Waals surface area contributed by atoms with Crippen molar-refractivity contribution >= 4 is 15.9 Å². The first-order chi connectivity index (χ1) is 9.66. The van der Waals surface area contributed by atoms with Crippen LogP contribution in [0.5, 0.6) is 11.5 Å². The highest BCUT2D eigenvalue weighted by Crippen LogP contribution is 2.36. The molecule has 1 N–H and O–H groups in total. The van der Waals surface area contributed by atoms with Crippen molar-refractivity contribution < 1.29 is 19.0 Å². The Morgan fingerprint density at radius 1 is 1.10 bits per heavy atom. The first-order valence-corrected chi connectivity index (χ1v) is 6.97. The van der Waals surface area contributed by atoms with Gasteiger partial charge in [0.05, 0.1) is 4.47 Å². The number of benzene rings is 2. The second-order valence-corrected chi connectivity index (χ2v) is 5.24.